The maximum atomic E-state index is 10.6. The summed E-state index contributed by atoms with van der Waals surface area (Å²) in [6, 6.07) is 4.86. The number of aryl methyl sites for hydroxylation is 2. The first-order valence-corrected chi connectivity index (χ1v) is 9.56. The van der Waals surface area contributed by atoms with E-state index in [1.807, 2.05) is 19.9 Å². The summed E-state index contributed by atoms with van der Waals surface area (Å²) in [6.07, 6.45) is 7.10. The molecule has 0 bridgehead atoms. The number of carbonyl (C=O) groups excluding carboxylic acids is 2. The van der Waals surface area contributed by atoms with Crippen molar-refractivity contribution in [2.24, 2.45) is 0 Å². The number of nitrogens with zero attached hydrogens (tertiary/aromatic N) is 3. The van der Waals surface area contributed by atoms with Gasteiger partial charge in [0.25, 0.3) is 0 Å². The normalized spacial score (nSPS) is 23.0. The molecule has 2 aliphatic rings. The first-order valence-electron chi connectivity index (χ1n) is 9.56. The van der Waals surface area contributed by atoms with Gasteiger partial charge in [-0.1, -0.05) is 19.3 Å². The summed E-state index contributed by atoms with van der Waals surface area (Å²) in [5, 5.41) is 23.7. The van der Waals surface area contributed by atoms with E-state index in [0.29, 0.717) is 18.2 Å². The maximum absolute atomic E-state index is 10.6. The summed E-state index contributed by atoms with van der Waals surface area (Å²) in [5.41, 5.74) is 2.58. The van der Waals surface area contributed by atoms with Gasteiger partial charge in [0.15, 0.2) is 0 Å². The second kappa shape index (κ2) is 10.2. The Balaban J connectivity index is 0.000000817. The monoisotopic (exact) mass is 372 g/mol. The Labute approximate surface area is 160 Å². The van der Waals surface area contributed by atoms with E-state index in [2.05, 4.69) is 21.3 Å². The van der Waals surface area contributed by atoms with Gasteiger partial charge < -0.3 is 15.3 Å². The van der Waals surface area contributed by atoms with Gasteiger partial charge in [0.1, 0.15) is 11.9 Å². The molecule has 2 heterocycles. The molecule has 2 fully saturated rings. The molecule has 3 rings (SSSR count). The second-order valence-electron chi connectivity index (χ2n) is 7.37. The lowest BCUT2D eigenvalue weighted by Gasteiger charge is -2.39. The van der Waals surface area contributed by atoms with Crippen molar-refractivity contribution in [2.75, 3.05) is 18.0 Å². The Morgan fingerprint density at radius 3 is 2.48 bits per heavy atom. The lowest BCUT2D eigenvalue weighted by atomic mass is 9.92. The second-order valence-corrected chi connectivity index (χ2v) is 7.37. The van der Waals surface area contributed by atoms with Crippen molar-refractivity contribution in [2.45, 2.75) is 70.6 Å². The zero-order chi connectivity index (χ0) is 19.8. The molecular weight excluding hydrogens is 344 g/mol. The van der Waals surface area contributed by atoms with Crippen molar-refractivity contribution in [1.82, 2.24) is 10.3 Å². The fraction of sp³-hybridized carbons (Fsp3) is 0.650. The number of hydrogen-bond acceptors (Lipinski definition) is 7. The van der Waals surface area contributed by atoms with E-state index >= 15 is 0 Å². The molecule has 1 saturated carbocycles. The summed E-state index contributed by atoms with van der Waals surface area (Å²) in [4.78, 5) is 22.9. The van der Waals surface area contributed by atoms with E-state index in [4.69, 9.17) is 9.59 Å². The number of aliphatic hydroxyl groups is 1. The number of nitriles is 1. The molecule has 0 aromatic carbocycles. The minimum Gasteiger partial charge on any atom is -0.390 e. The fourth-order valence-electron chi connectivity index (χ4n) is 3.91. The Morgan fingerprint density at radius 2 is 1.89 bits per heavy atom. The molecule has 146 valence electrons. The van der Waals surface area contributed by atoms with E-state index in [9.17, 15) is 10.4 Å². The van der Waals surface area contributed by atoms with Crippen LogP contribution in [0.4, 0.5) is 5.82 Å². The molecule has 27 heavy (non-hydrogen) atoms. The number of piperidine rings is 1. The van der Waals surface area contributed by atoms with Crippen LogP contribution in [0.3, 0.4) is 0 Å². The molecule has 7 nitrogen and oxygen atoms in total. The third-order valence-electron chi connectivity index (χ3n) is 5.50. The van der Waals surface area contributed by atoms with E-state index in [-0.39, 0.29) is 12.2 Å². The Kier molecular flexibility index (Phi) is 7.93. The number of β-amino-alcohol motifs (C(OH)–C–C–N with tert-alkyl or cyclic N) is 1. The van der Waals surface area contributed by atoms with Crippen molar-refractivity contribution in [3.8, 4) is 6.07 Å². The van der Waals surface area contributed by atoms with Gasteiger partial charge in [0.2, 0.25) is 0 Å². The highest BCUT2D eigenvalue weighted by atomic mass is 16.3. The zero-order valence-corrected chi connectivity index (χ0v) is 16.1. The minimum atomic E-state index is -0.421. The van der Waals surface area contributed by atoms with Crippen molar-refractivity contribution in [3.05, 3.63) is 22.9 Å². The van der Waals surface area contributed by atoms with Crippen LogP contribution in [0.2, 0.25) is 0 Å². The number of nitrogens with one attached hydrogen (secondary N) is 1. The predicted molar refractivity (Wildman–Crippen MR) is 100 cm³/mol. The fourth-order valence-corrected chi connectivity index (χ4v) is 3.91. The van der Waals surface area contributed by atoms with E-state index < -0.39 is 6.10 Å². The molecule has 0 amide bonds. The molecule has 2 unspecified atom stereocenters. The van der Waals surface area contributed by atoms with Crippen LogP contribution in [-0.2, 0) is 9.59 Å². The molecule has 1 aromatic rings. The molecule has 1 aliphatic heterocycles. The molecular formula is C20H28N4O3. The largest absolute Gasteiger partial charge is 0.390 e. The van der Waals surface area contributed by atoms with Gasteiger partial charge in [-0.3, -0.25) is 0 Å². The van der Waals surface area contributed by atoms with Gasteiger partial charge in [-0.25, -0.2) is 4.98 Å². The molecule has 2 atom stereocenters. The minimum absolute atomic E-state index is 0.154. The van der Waals surface area contributed by atoms with Gasteiger partial charge in [0.05, 0.1) is 11.7 Å². The average molecular weight is 372 g/mol. The van der Waals surface area contributed by atoms with Crippen LogP contribution in [0.25, 0.3) is 0 Å². The third-order valence-corrected chi connectivity index (χ3v) is 5.50. The Morgan fingerprint density at radius 1 is 1.22 bits per heavy atom. The number of aliphatic hydroxyl groups excluding tert-OH is 1. The van der Waals surface area contributed by atoms with Gasteiger partial charge in [-0.05, 0) is 44.7 Å². The quantitative estimate of drug-likeness (QED) is 0.834. The van der Waals surface area contributed by atoms with Crippen LogP contribution in [0.15, 0.2) is 6.07 Å². The van der Waals surface area contributed by atoms with Crippen LogP contribution in [0.5, 0.6) is 0 Å². The third kappa shape index (κ3) is 5.61. The van der Waals surface area contributed by atoms with Crippen LogP contribution < -0.4 is 10.2 Å². The number of rotatable bonds is 3. The van der Waals surface area contributed by atoms with E-state index in [0.717, 1.165) is 30.0 Å². The van der Waals surface area contributed by atoms with E-state index in [1.54, 1.807) is 0 Å². The van der Waals surface area contributed by atoms with Gasteiger partial charge in [0, 0.05) is 30.9 Å². The lowest BCUT2D eigenvalue weighted by Crippen LogP contribution is -2.55. The first-order chi connectivity index (χ1) is 13.0. The Bertz CT molecular complexity index is 704. The molecule has 1 saturated heterocycles. The summed E-state index contributed by atoms with van der Waals surface area (Å²) >= 11 is 0. The van der Waals surface area contributed by atoms with Crippen molar-refractivity contribution < 1.29 is 14.7 Å². The van der Waals surface area contributed by atoms with Crippen LogP contribution >= 0.6 is 0 Å². The van der Waals surface area contributed by atoms with Gasteiger partial charge >= 0.3 is 6.15 Å². The van der Waals surface area contributed by atoms with Crippen molar-refractivity contribution in [1.29, 1.82) is 5.26 Å². The lowest BCUT2D eigenvalue weighted by molar-refractivity contribution is -0.191. The van der Waals surface area contributed by atoms with Crippen LogP contribution in [0.1, 0.15) is 55.3 Å². The maximum Gasteiger partial charge on any atom is 0.373 e. The average Bonchev–Trinajstić information content (AvgIpc) is 2.67. The zero-order valence-electron chi connectivity index (χ0n) is 16.1. The number of hydrogen-bond donors (Lipinski definition) is 2. The number of anilines is 1. The van der Waals surface area contributed by atoms with Crippen LogP contribution in [0, 0.1) is 25.2 Å². The molecule has 1 aromatic heterocycles. The smallest absolute Gasteiger partial charge is 0.373 e. The highest BCUT2D eigenvalue weighted by Gasteiger charge is 2.31. The number of aromatic nitrogens is 1. The summed E-state index contributed by atoms with van der Waals surface area (Å²) in [6.45, 7) is 5.30. The van der Waals surface area contributed by atoms with Crippen molar-refractivity contribution in [3.63, 3.8) is 0 Å². The molecule has 1 aliphatic carbocycles. The van der Waals surface area contributed by atoms with Crippen LogP contribution in [-0.4, -0.2) is 47.5 Å². The summed E-state index contributed by atoms with van der Waals surface area (Å²) < 4.78 is 0. The summed E-state index contributed by atoms with van der Waals surface area (Å²) in [5.74, 6) is 0.718. The van der Waals surface area contributed by atoms with Crippen molar-refractivity contribution >= 4 is 12.0 Å². The SMILES string of the molecule is Cc1cc(C#N)c(N2CCC(NC3CCCCC3)C(O)C2)nc1C.O=C=O. The van der Waals surface area contributed by atoms with Gasteiger partial charge in [-0.15, -0.1) is 0 Å². The van der Waals surface area contributed by atoms with E-state index in [1.165, 1.54) is 32.1 Å². The summed E-state index contributed by atoms with van der Waals surface area (Å²) in [7, 11) is 0. The molecule has 0 radical (unpaired) electrons. The van der Waals surface area contributed by atoms with Gasteiger partial charge in [-0.2, -0.15) is 14.9 Å². The molecule has 0 spiro atoms. The highest BCUT2D eigenvalue weighted by Crippen LogP contribution is 2.25. The number of pyridine rings is 1. The standard InChI is InChI=1S/C19H28N4O.CO2/c1-13-10-15(11-20)19(21-14(13)2)23-9-8-17(18(24)12-23)22-16-6-4-3-5-7-16;2-1-3/h10,16-18,22,24H,3-9,12H2,1-2H3;. The topological polar surface area (TPSA) is 106 Å². The molecule has 2 N–H and O–H groups in total. The molecule has 7 heteroatoms. The highest BCUT2D eigenvalue weighted by molar-refractivity contribution is 5.56. The predicted octanol–water partition coefficient (Wildman–Crippen LogP) is 1.85. The Hall–Kier alpha value is -2.26. The first kappa shape index (κ1) is 21.0.